The van der Waals surface area contributed by atoms with Gasteiger partial charge in [0, 0.05) is 5.41 Å². The van der Waals surface area contributed by atoms with Crippen LogP contribution in [0.3, 0.4) is 0 Å². The standard InChI is InChI=1S/C11H20O/c1-10(2)11(9-12)7-5-3-4-6-8-11/h9-10H,3-8H2,1-2H3. The average molecular weight is 168 g/mol. The Bertz CT molecular complexity index is 141. The van der Waals surface area contributed by atoms with E-state index < -0.39 is 0 Å². The van der Waals surface area contributed by atoms with Gasteiger partial charge in [0.15, 0.2) is 0 Å². The fourth-order valence-electron chi connectivity index (χ4n) is 2.22. The number of hydrogen-bond donors (Lipinski definition) is 0. The third kappa shape index (κ3) is 1.88. The van der Waals surface area contributed by atoms with E-state index in [2.05, 4.69) is 13.8 Å². The van der Waals surface area contributed by atoms with Crippen LogP contribution in [0.5, 0.6) is 0 Å². The second-order valence-electron chi connectivity index (χ2n) is 4.42. The summed E-state index contributed by atoms with van der Waals surface area (Å²) in [5.41, 5.74) is 0.0243. The summed E-state index contributed by atoms with van der Waals surface area (Å²) in [6, 6.07) is 0. The van der Waals surface area contributed by atoms with E-state index in [4.69, 9.17) is 0 Å². The molecule has 0 aromatic rings. The maximum absolute atomic E-state index is 11.1. The Hall–Kier alpha value is -0.330. The first-order chi connectivity index (χ1) is 5.71. The summed E-state index contributed by atoms with van der Waals surface area (Å²) in [6.45, 7) is 4.36. The van der Waals surface area contributed by atoms with Gasteiger partial charge in [0.2, 0.25) is 0 Å². The van der Waals surface area contributed by atoms with Crippen molar-refractivity contribution in [3.05, 3.63) is 0 Å². The summed E-state index contributed by atoms with van der Waals surface area (Å²) in [5.74, 6) is 0.521. The maximum atomic E-state index is 11.1. The van der Waals surface area contributed by atoms with Crippen LogP contribution >= 0.6 is 0 Å². The topological polar surface area (TPSA) is 17.1 Å². The lowest BCUT2D eigenvalue weighted by atomic mass is 9.73. The lowest BCUT2D eigenvalue weighted by molar-refractivity contribution is -0.119. The van der Waals surface area contributed by atoms with Crippen LogP contribution < -0.4 is 0 Å². The normalized spacial score (nSPS) is 23.6. The van der Waals surface area contributed by atoms with Gasteiger partial charge in [-0.25, -0.2) is 0 Å². The molecular weight excluding hydrogens is 148 g/mol. The Labute approximate surface area is 75.5 Å². The molecule has 0 heterocycles. The van der Waals surface area contributed by atoms with Crippen LogP contribution in [0, 0.1) is 11.3 Å². The SMILES string of the molecule is CC(C)C1(C=O)CCCCCC1. The van der Waals surface area contributed by atoms with Gasteiger partial charge < -0.3 is 4.79 Å². The molecule has 0 aromatic heterocycles. The molecule has 1 aliphatic carbocycles. The van der Waals surface area contributed by atoms with Crippen molar-refractivity contribution in [2.45, 2.75) is 52.4 Å². The van der Waals surface area contributed by atoms with E-state index in [1.54, 1.807) is 0 Å². The van der Waals surface area contributed by atoms with Gasteiger partial charge in [-0.1, -0.05) is 39.5 Å². The Morgan fingerprint density at radius 3 is 1.92 bits per heavy atom. The highest BCUT2D eigenvalue weighted by Gasteiger charge is 2.33. The second kappa shape index (κ2) is 4.06. The van der Waals surface area contributed by atoms with Gasteiger partial charge in [-0.2, -0.15) is 0 Å². The molecule has 1 aliphatic rings. The monoisotopic (exact) mass is 168 g/mol. The molecule has 12 heavy (non-hydrogen) atoms. The van der Waals surface area contributed by atoms with E-state index in [0.29, 0.717) is 5.92 Å². The molecule has 70 valence electrons. The summed E-state index contributed by atoms with van der Waals surface area (Å²) in [4.78, 5) is 11.1. The summed E-state index contributed by atoms with van der Waals surface area (Å²) in [6.07, 6.45) is 8.60. The van der Waals surface area contributed by atoms with Crippen molar-refractivity contribution in [1.29, 1.82) is 0 Å². The van der Waals surface area contributed by atoms with Crippen LogP contribution in [0.15, 0.2) is 0 Å². The molecule has 0 amide bonds. The number of aldehydes is 1. The molecule has 0 aromatic carbocycles. The van der Waals surface area contributed by atoms with Gasteiger partial charge in [0.25, 0.3) is 0 Å². The second-order valence-corrected chi connectivity index (χ2v) is 4.42. The highest BCUT2D eigenvalue weighted by Crippen LogP contribution is 2.39. The predicted octanol–water partition coefficient (Wildman–Crippen LogP) is 3.18. The Morgan fingerprint density at radius 1 is 1.08 bits per heavy atom. The fourth-order valence-corrected chi connectivity index (χ4v) is 2.22. The first kappa shape index (κ1) is 9.76. The number of rotatable bonds is 2. The fraction of sp³-hybridized carbons (Fsp3) is 0.909. The zero-order valence-electron chi connectivity index (χ0n) is 8.31. The quantitative estimate of drug-likeness (QED) is 0.457. The van der Waals surface area contributed by atoms with E-state index >= 15 is 0 Å². The highest BCUT2D eigenvalue weighted by molar-refractivity contribution is 5.59. The predicted molar refractivity (Wildman–Crippen MR) is 51.0 cm³/mol. The first-order valence-electron chi connectivity index (χ1n) is 5.17. The summed E-state index contributed by atoms with van der Waals surface area (Å²) in [5, 5.41) is 0. The molecule has 0 saturated heterocycles. The van der Waals surface area contributed by atoms with Crippen molar-refractivity contribution >= 4 is 6.29 Å². The van der Waals surface area contributed by atoms with E-state index in [-0.39, 0.29) is 5.41 Å². The highest BCUT2D eigenvalue weighted by atomic mass is 16.1. The molecular formula is C11H20O. The molecule has 0 atom stereocenters. The van der Waals surface area contributed by atoms with Crippen molar-refractivity contribution < 1.29 is 4.79 Å². The minimum absolute atomic E-state index is 0.0243. The minimum Gasteiger partial charge on any atom is -0.303 e. The minimum atomic E-state index is 0.0243. The zero-order valence-corrected chi connectivity index (χ0v) is 8.31. The van der Waals surface area contributed by atoms with Gasteiger partial charge in [-0.3, -0.25) is 0 Å². The lowest BCUT2D eigenvalue weighted by Gasteiger charge is -2.30. The van der Waals surface area contributed by atoms with Crippen LogP contribution in [-0.4, -0.2) is 6.29 Å². The molecule has 0 bridgehead atoms. The molecule has 0 aliphatic heterocycles. The Balaban J connectivity index is 2.67. The summed E-state index contributed by atoms with van der Waals surface area (Å²) in [7, 11) is 0. The smallest absolute Gasteiger partial charge is 0.126 e. The van der Waals surface area contributed by atoms with E-state index in [0.717, 1.165) is 12.8 Å². The van der Waals surface area contributed by atoms with Gasteiger partial charge in [-0.15, -0.1) is 0 Å². The van der Waals surface area contributed by atoms with Crippen LogP contribution in [0.4, 0.5) is 0 Å². The molecule has 0 N–H and O–H groups in total. The van der Waals surface area contributed by atoms with Crippen molar-refractivity contribution in [2.24, 2.45) is 11.3 Å². The zero-order chi connectivity index (χ0) is 9.03. The molecule has 1 nitrogen and oxygen atoms in total. The molecule has 1 rings (SSSR count). The first-order valence-corrected chi connectivity index (χ1v) is 5.17. The average Bonchev–Trinajstić information content (AvgIpc) is 2.29. The third-order valence-corrected chi connectivity index (χ3v) is 3.42. The lowest BCUT2D eigenvalue weighted by Crippen LogP contribution is -2.28. The van der Waals surface area contributed by atoms with Crippen molar-refractivity contribution in [3.63, 3.8) is 0 Å². The van der Waals surface area contributed by atoms with E-state index in [1.807, 2.05) is 0 Å². The van der Waals surface area contributed by atoms with Crippen molar-refractivity contribution in [3.8, 4) is 0 Å². The molecule has 1 saturated carbocycles. The van der Waals surface area contributed by atoms with Crippen LogP contribution in [0.25, 0.3) is 0 Å². The molecule has 0 unspecified atom stereocenters. The molecule has 1 fully saturated rings. The Morgan fingerprint density at radius 2 is 1.58 bits per heavy atom. The third-order valence-electron chi connectivity index (χ3n) is 3.42. The number of carbonyl (C=O) groups excluding carboxylic acids is 1. The molecule has 0 radical (unpaired) electrons. The van der Waals surface area contributed by atoms with Gasteiger partial charge in [0.1, 0.15) is 6.29 Å². The van der Waals surface area contributed by atoms with Crippen LogP contribution in [0.2, 0.25) is 0 Å². The van der Waals surface area contributed by atoms with Crippen molar-refractivity contribution in [1.82, 2.24) is 0 Å². The van der Waals surface area contributed by atoms with Crippen LogP contribution in [-0.2, 0) is 4.79 Å². The molecule has 1 heteroatoms. The summed E-state index contributed by atoms with van der Waals surface area (Å²) < 4.78 is 0. The van der Waals surface area contributed by atoms with Crippen LogP contribution in [0.1, 0.15) is 52.4 Å². The van der Waals surface area contributed by atoms with Gasteiger partial charge >= 0.3 is 0 Å². The maximum Gasteiger partial charge on any atom is 0.126 e. The van der Waals surface area contributed by atoms with Gasteiger partial charge in [0.05, 0.1) is 0 Å². The number of carbonyl (C=O) groups is 1. The molecule has 0 spiro atoms. The summed E-state index contributed by atoms with van der Waals surface area (Å²) >= 11 is 0. The van der Waals surface area contributed by atoms with Gasteiger partial charge in [-0.05, 0) is 18.8 Å². The van der Waals surface area contributed by atoms with Crippen molar-refractivity contribution in [2.75, 3.05) is 0 Å². The van der Waals surface area contributed by atoms with E-state index in [1.165, 1.54) is 32.0 Å². The Kier molecular flexibility index (Phi) is 3.30. The number of hydrogen-bond acceptors (Lipinski definition) is 1. The largest absolute Gasteiger partial charge is 0.303 e. The van der Waals surface area contributed by atoms with E-state index in [9.17, 15) is 4.79 Å².